The van der Waals surface area contributed by atoms with Crippen molar-refractivity contribution in [2.45, 2.75) is 20.8 Å². The van der Waals surface area contributed by atoms with E-state index in [-0.39, 0.29) is 17.0 Å². The highest BCUT2D eigenvalue weighted by molar-refractivity contribution is 4.22. The first-order valence-electron chi connectivity index (χ1n) is 3.33. The molecule has 0 heterocycles. The molecule has 0 unspecified atom stereocenters. The Morgan fingerprint density at radius 2 is 1.22 bits per heavy atom. The molecule has 0 aliphatic heterocycles. The normalized spacial score (nSPS) is 10.7. The van der Waals surface area contributed by atoms with Gasteiger partial charge in [-0.05, 0) is 20.8 Å². The highest BCUT2D eigenvalue weighted by Crippen LogP contribution is 1.92. The quantitative estimate of drug-likeness (QED) is 0.308. The van der Waals surface area contributed by atoms with E-state index in [4.69, 9.17) is 5.84 Å². The van der Waals surface area contributed by atoms with Crippen LogP contribution in [0.5, 0.6) is 0 Å². The number of nitrogens with two attached hydrogens (primary N) is 1. The third-order valence-corrected chi connectivity index (χ3v) is 1.89. The maximum Gasteiger partial charge on any atom is 0.0931 e. The van der Waals surface area contributed by atoms with Crippen LogP contribution in [-0.4, -0.2) is 24.2 Å². The van der Waals surface area contributed by atoms with Gasteiger partial charge in [-0.1, -0.05) is 0 Å². The summed E-state index contributed by atoms with van der Waals surface area (Å²) in [6.45, 7) is 9.46. The molecule has 0 spiro atoms. The molecule has 0 aromatic heterocycles. The summed E-state index contributed by atoms with van der Waals surface area (Å²) in [5.74, 6) is 5.83. The van der Waals surface area contributed by atoms with Crippen molar-refractivity contribution >= 4 is 0 Å². The van der Waals surface area contributed by atoms with Gasteiger partial charge in [-0.25, -0.2) is 4.59 Å². The van der Waals surface area contributed by atoms with Crippen molar-refractivity contribution in [1.29, 1.82) is 0 Å². The fraction of sp³-hybridized carbons (Fsp3) is 1.00. The van der Waals surface area contributed by atoms with Gasteiger partial charge in [0.2, 0.25) is 0 Å². The Balaban J connectivity index is 0. The Bertz CT molecular complexity index is 53.8. The first-order chi connectivity index (χ1) is 3.68. The van der Waals surface area contributed by atoms with E-state index in [0.717, 1.165) is 19.6 Å². The van der Waals surface area contributed by atoms with Crippen molar-refractivity contribution in [2.75, 3.05) is 19.6 Å². The molecule has 0 radical (unpaired) electrons. The van der Waals surface area contributed by atoms with Crippen molar-refractivity contribution in [3.63, 3.8) is 0 Å². The van der Waals surface area contributed by atoms with Crippen molar-refractivity contribution in [1.82, 2.24) is 0 Å². The second-order valence-electron chi connectivity index (χ2n) is 2.17. The minimum atomic E-state index is 0. The SMILES string of the molecule is CC[N+](N)(CC)CC.[Br-]. The summed E-state index contributed by atoms with van der Waals surface area (Å²) < 4.78 is 0.708. The van der Waals surface area contributed by atoms with E-state index >= 15 is 0 Å². The minimum absolute atomic E-state index is 0. The molecule has 3 heteroatoms. The van der Waals surface area contributed by atoms with Crippen LogP contribution in [0.3, 0.4) is 0 Å². The van der Waals surface area contributed by atoms with Crippen molar-refractivity contribution < 1.29 is 21.6 Å². The van der Waals surface area contributed by atoms with Gasteiger partial charge in [0.05, 0.1) is 19.6 Å². The topological polar surface area (TPSA) is 26.0 Å². The molecule has 0 rings (SSSR count). The molecule has 0 bridgehead atoms. The third kappa shape index (κ3) is 3.89. The Morgan fingerprint density at radius 3 is 1.22 bits per heavy atom. The smallest absolute Gasteiger partial charge is 0.0931 e. The molecule has 9 heavy (non-hydrogen) atoms. The zero-order chi connectivity index (χ0) is 6.62. The largest absolute Gasteiger partial charge is 1.00 e. The molecular weight excluding hydrogens is 180 g/mol. The van der Waals surface area contributed by atoms with E-state index in [1.54, 1.807) is 0 Å². The molecule has 0 aromatic carbocycles. The highest BCUT2D eigenvalue weighted by atomic mass is 79.9. The summed E-state index contributed by atoms with van der Waals surface area (Å²) in [7, 11) is 0. The summed E-state index contributed by atoms with van der Waals surface area (Å²) in [6, 6.07) is 0. The Labute approximate surface area is 68.4 Å². The van der Waals surface area contributed by atoms with Gasteiger partial charge in [-0.15, -0.1) is 0 Å². The highest BCUT2D eigenvalue weighted by Gasteiger charge is 2.12. The van der Waals surface area contributed by atoms with Crippen LogP contribution in [0.15, 0.2) is 0 Å². The lowest BCUT2D eigenvalue weighted by Gasteiger charge is -2.28. The van der Waals surface area contributed by atoms with Gasteiger partial charge in [0.15, 0.2) is 0 Å². The van der Waals surface area contributed by atoms with E-state index in [1.165, 1.54) is 0 Å². The Kier molecular flexibility index (Phi) is 7.01. The zero-order valence-corrected chi connectivity index (χ0v) is 8.11. The van der Waals surface area contributed by atoms with Gasteiger partial charge in [-0.2, -0.15) is 5.84 Å². The third-order valence-electron chi connectivity index (χ3n) is 1.89. The van der Waals surface area contributed by atoms with E-state index in [9.17, 15) is 0 Å². The van der Waals surface area contributed by atoms with Crippen molar-refractivity contribution in [3.05, 3.63) is 0 Å². The first kappa shape index (κ1) is 12.1. The number of nitrogens with zero attached hydrogens (tertiary/aromatic N) is 1. The summed E-state index contributed by atoms with van der Waals surface area (Å²) in [6.07, 6.45) is 0. The van der Waals surface area contributed by atoms with Crippen molar-refractivity contribution in [3.8, 4) is 0 Å². The molecule has 0 saturated carbocycles. The van der Waals surface area contributed by atoms with E-state index < -0.39 is 0 Å². The van der Waals surface area contributed by atoms with Gasteiger partial charge < -0.3 is 17.0 Å². The van der Waals surface area contributed by atoms with Gasteiger partial charge in [-0.3, -0.25) is 0 Å². The fourth-order valence-electron chi connectivity index (χ4n) is 0.671. The average Bonchev–Trinajstić information content (AvgIpc) is 1.87. The maximum atomic E-state index is 5.83. The van der Waals surface area contributed by atoms with Gasteiger partial charge in [0.1, 0.15) is 0 Å². The number of quaternary nitrogens is 1. The molecule has 2 N–H and O–H groups in total. The number of hydrogen-bond donors (Lipinski definition) is 1. The summed E-state index contributed by atoms with van der Waals surface area (Å²) in [5, 5.41) is 0. The van der Waals surface area contributed by atoms with Crippen LogP contribution in [0.4, 0.5) is 0 Å². The van der Waals surface area contributed by atoms with E-state index in [2.05, 4.69) is 20.8 Å². The van der Waals surface area contributed by atoms with Crippen LogP contribution in [0.1, 0.15) is 20.8 Å². The number of halogens is 1. The molecule has 0 atom stereocenters. The predicted molar refractivity (Wildman–Crippen MR) is 36.1 cm³/mol. The average molecular weight is 197 g/mol. The molecule has 0 saturated heterocycles. The fourth-order valence-corrected chi connectivity index (χ4v) is 0.671. The monoisotopic (exact) mass is 196 g/mol. The molecule has 58 valence electrons. The van der Waals surface area contributed by atoms with Crippen LogP contribution in [-0.2, 0) is 0 Å². The van der Waals surface area contributed by atoms with Crippen LogP contribution in [0, 0.1) is 0 Å². The second-order valence-corrected chi connectivity index (χ2v) is 2.17. The Morgan fingerprint density at radius 1 is 1.00 bits per heavy atom. The second kappa shape index (κ2) is 5.21. The van der Waals surface area contributed by atoms with E-state index in [1.807, 2.05) is 0 Å². The molecular formula is C6H17BrN2. The number of rotatable bonds is 3. The summed E-state index contributed by atoms with van der Waals surface area (Å²) >= 11 is 0. The summed E-state index contributed by atoms with van der Waals surface area (Å²) in [4.78, 5) is 0. The lowest BCUT2D eigenvalue weighted by molar-refractivity contribution is -0.935. The first-order valence-corrected chi connectivity index (χ1v) is 3.33. The zero-order valence-electron chi connectivity index (χ0n) is 6.52. The van der Waals surface area contributed by atoms with Crippen LogP contribution in [0.2, 0.25) is 0 Å². The summed E-state index contributed by atoms with van der Waals surface area (Å²) in [5.41, 5.74) is 0. The molecule has 0 fully saturated rings. The molecule has 0 amide bonds. The lowest BCUT2D eigenvalue weighted by atomic mass is 10.5. The van der Waals surface area contributed by atoms with Gasteiger partial charge in [0, 0.05) is 0 Å². The minimum Gasteiger partial charge on any atom is -1.00 e. The van der Waals surface area contributed by atoms with Crippen LogP contribution < -0.4 is 22.8 Å². The predicted octanol–water partition coefficient (Wildman–Crippen LogP) is -2.26. The number of hydrogen-bond acceptors (Lipinski definition) is 1. The van der Waals surface area contributed by atoms with E-state index in [0.29, 0.717) is 4.59 Å². The molecule has 0 aromatic rings. The lowest BCUT2D eigenvalue weighted by Crippen LogP contribution is -3.00. The van der Waals surface area contributed by atoms with Gasteiger partial charge >= 0.3 is 0 Å². The van der Waals surface area contributed by atoms with Crippen LogP contribution in [0.25, 0.3) is 0 Å². The van der Waals surface area contributed by atoms with Gasteiger partial charge in [0.25, 0.3) is 0 Å². The maximum absolute atomic E-state index is 5.83. The standard InChI is InChI=1S/C6H17N2.BrH/c1-4-8(7,5-2)6-3;/h4-7H2,1-3H3;1H/q+1;/p-1. The molecule has 0 aliphatic rings. The molecule has 0 aliphatic carbocycles. The molecule has 2 nitrogen and oxygen atoms in total. The van der Waals surface area contributed by atoms with Crippen molar-refractivity contribution in [2.24, 2.45) is 5.84 Å². The van der Waals surface area contributed by atoms with Crippen LogP contribution >= 0.6 is 0 Å². The Hall–Kier alpha value is 0.400.